The number of hydrogen-bond donors (Lipinski definition) is 1. The fraction of sp³-hybridized carbons (Fsp3) is 1.00. The summed E-state index contributed by atoms with van der Waals surface area (Å²) in [7, 11) is 0. The van der Waals surface area contributed by atoms with Crippen LogP contribution in [-0.2, 0) is 4.74 Å². The number of alkyl halides is 3. The average molecular weight is 225 g/mol. The smallest absolute Gasteiger partial charge is 0.378 e. The lowest BCUT2D eigenvalue weighted by molar-refractivity contribution is -0.135. The fourth-order valence-corrected chi connectivity index (χ4v) is 1.78. The van der Waals surface area contributed by atoms with Gasteiger partial charge in [0.25, 0.3) is 0 Å². The summed E-state index contributed by atoms with van der Waals surface area (Å²) in [4.78, 5) is 0. The van der Waals surface area contributed by atoms with E-state index in [2.05, 4.69) is 5.32 Å². The maximum absolute atomic E-state index is 11.8. The Kier molecular flexibility index (Phi) is 4.86. The van der Waals surface area contributed by atoms with Crippen molar-refractivity contribution in [2.24, 2.45) is 0 Å². The van der Waals surface area contributed by atoms with Crippen LogP contribution >= 0.6 is 0 Å². The highest BCUT2D eigenvalue weighted by molar-refractivity contribution is 4.74. The van der Waals surface area contributed by atoms with Gasteiger partial charge in [-0.25, -0.2) is 0 Å². The number of nitrogens with one attached hydrogen (secondary N) is 1. The molecule has 0 aromatic rings. The Morgan fingerprint density at radius 1 is 1.40 bits per heavy atom. The van der Waals surface area contributed by atoms with Gasteiger partial charge in [-0.1, -0.05) is 0 Å². The van der Waals surface area contributed by atoms with Crippen molar-refractivity contribution in [2.45, 2.75) is 50.9 Å². The Morgan fingerprint density at radius 3 is 2.73 bits per heavy atom. The molecule has 1 saturated heterocycles. The molecule has 0 spiro atoms. The SMILES string of the molecule is CC1CC(NCCCC(F)(F)F)CCO1. The second kappa shape index (κ2) is 5.70. The summed E-state index contributed by atoms with van der Waals surface area (Å²) in [6, 6.07) is 0.321. The molecule has 15 heavy (non-hydrogen) atoms. The van der Waals surface area contributed by atoms with Gasteiger partial charge in [0.1, 0.15) is 0 Å². The highest BCUT2D eigenvalue weighted by Crippen LogP contribution is 2.21. The van der Waals surface area contributed by atoms with E-state index in [1.807, 2.05) is 6.92 Å². The van der Waals surface area contributed by atoms with Crippen LogP contribution in [0.15, 0.2) is 0 Å². The van der Waals surface area contributed by atoms with Crippen LogP contribution in [0, 0.1) is 0 Å². The monoisotopic (exact) mass is 225 g/mol. The van der Waals surface area contributed by atoms with E-state index in [0.29, 0.717) is 19.2 Å². The van der Waals surface area contributed by atoms with E-state index in [1.165, 1.54) is 0 Å². The topological polar surface area (TPSA) is 21.3 Å². The molecule has 1 heterocycles. The van der Waals surface area contributed by atoms with Crippen LogP contribution in [0.3, 0.4) is 0 Å². The Hall–Kier alpha value is -0.290. The third-order valence-electron chi connectivity index (χ3n) is 2.56. The lowest BCUT2D eigenvalue weighted by atomic mass is 10.0. The van der Waals surface area contributed by atoms with Crippen molar-refractivity contribution in [3.05, 3.63) is 0 Å². The van der Waals surface area contributed by atoms with Gasteiger partial charge in [0.05, 0.1) is 6.10 Å². The van der Waals surface area contributed by atoms with Crippen molar-refractivity contribution < 1.29 is 17.9 Å². The standard InChI is InChI=1S/C10H18F3NO/c1-8-7-9(3-6-15-8)14-5-2-4-10(11,12)13/h8-9,14H,2-7H2,1H3. The van der Waals surface area contributed by atoms with Crippen LogP contribution in [0.5, 0.6) is 0 Å². The van der Waals surface area contributed by atoms with Crippen LogP contribution in [-0.4, -0.2) is 31.5 Å². The largest absolute Gasteiger partial charge is 0.389 e. The van der Waals surface area contributed by atoms with E-state index < -0.39 is 12.6 Å². The Morgan fingerprint density at radius 2 is 2.13 bits per heavy atom. The van der Waals surface area contributed by atoms with Gasteiger partial charge in [-0.3, -0.25) is 0 Å². The highest BCUT2D eigenvalue weighted by Gasteiger charge is 2.26. The molecule has 1 rings (SSSR count). The summed E-state index contributed by atoms with van der Waals surface area (Å²) in [5.41, 5.74) is 0. The zero-order valence-corrected chi connectivity index (χ0v) is 8.94. The summed E-state index contributed by atoms with van der Waals surface area (Å²) < 4.78 is 40.9. The summed E-state index contributed by atoms with van der Waals surface area (Å²) in [6.07, 6.45) is -2.54. The molecule has 2 atom stereocenters. The van der Waals surface area contributed by atoms with E-state index in [0.717, 1.165) is 12.8 Å². The van der Waals surface area contributed by atoms with Gasteiger partial charge >= 0.3 is 6.18 Å². The minimum atomic E-state index is -4.02. The van der Waals surface area contributed by atoms with Crippen LogP contribution < -0.4 is 5.32 Å². The first-order valence-electron chi connectivity index (χ1n) is 5.39. The second-order valence-electron chi connectivity index (χ2n) is 4.08. The molecular weight excluding hydrogens is 207 g/mol. The predicted octanol–water partition coefficient (Wildman–Crippen LogP) is 2.49. The first-order chi connectivity index (χ1) is 6.97. The maximum Gasteiger partial charge on any atom is 0.389 e. The second-order valence-corrected chi connectivity index (χ2v) is 4.08. The van der Waals surface area contributed by atoms with E-state index in [9.17, 15) is 13.2 Å². The Labute approximate surface area is 88.2 Å². The van der Waals surface area contributed by atoms with E-state index in [4.69, 9.17) is 4.74 Å². The lowest BCUT2D eigenvalue weighted by Gasteiger charge is -2.28. The molecule has 2 unspecified atom stereocenters. The van der Waals surface area contributed by atoms with Crippen LogP contribution in [0.1, 0.15) is 32.6 Å². The van der Waals surface area contributed by atoms with Crippen molar-refractivity contribution in [3.63, 3.8) is 0 Å². The maximum atomic E-state index is 11.8. The average Bonchev–Trinajstić information content (AvgIpc) is 2.11. The Bertz CT molecular complexity index is 184. The van der Waals surface area contributed by atoms with E-state index in [-0.39, 0.29) is 12.5 Å². The molecule has 0 aliphatic carbocycles. The molecular formula is C10H18F3NO. The zero-order chi connectivity index (χ0) is 11.3. The molecule has 0 aromatic carbocycles. The molecule has 1 N–H and O–H groups in total. The van der Waals surface area contributed by atoms with Crippen molar-refractivity contribution in [1.29, 1.82) is 0 Å². The summed E-state index contributed by atoms with van der Waals surface area (Å²) >= 11 is 0. The highest BCUT2D eigenvalue weighted by atomic mass is 19.4. The fourth-order valence-electron chi connectivity index (χ4n) is 1.78. The third kappa shape index (κ3) is 5.99. The van der Waals surface area contributed by atoms with Crippen molar-refractivity contribution in [2.75, 3.05) is 13.2 Å². The number of hydrogen-bond acceptors (Lipinski definition) is 2. The van der Waals surface area contributed by atoms with E-state index in [1.54, 1.807) is 0 Å². The molecule has 0 saturated carbocycles. The molecule has 5 heteroatoms. The van der Waals surface area contributed by atoms with Crippen molar-refractivity contribution in [3.8, 4) is 0 Å². The number of ether oxygens (including phenoxy) is 1. The van der Waals surface area contributed by atoms with Crippen LogP contribution in [0.4, 0.5) is 13.2 Å². The van der Waals surface area contributed by atoms with Gasteiger partial charge in [-0.05, 0) is 32.7 Å². The zero-order valence-electron chi connectivity index (χ0n) is 8.94. The molecule has 2 nitrogen and oxygen atoms in total. The third-order valence-corrected chi connectivity index (χ3v) is 2.56. The van der Waals surface area contributed by atoms with Gasteiger partial charge < -0.3 is 10.1 Å². The Balaban J connectivity index is 2.04. The van der Waals surface area contributed by atoms with Gasteiger partial charge in [-0.15, -0.1) is 0 Å². The van der Waals surface area contributed by atoms with Gasteiger partial charge in [0, 0.05) is 19.1 Å². The van der Waals surface area contributed by atoms with Crippen LogP contribution in [0.25, 0.3) is 0 Å². The lowest BCUT2D eigenvalue weighted by Crippen LogP contribution is -2.38. The minimum Gasteiger partial charge on any atom is -0.378 e. The predicted molar refractivity (Wildman–Crippen MR) is 51.7 cm³/mol. The molecule has 1 aliphatic rings. The summed E-state index contributed by atoms with van der Waals surface area (Å²) in [5.74, 6) is 0. The molecule has 0 bridgehead atoms. The first kappa shape index (κ1) is 12.8. The van der Waals surface area contributed by atoms with Gasteiger partial charge in [0.15, 0.2) is 0 Å². The van der Waals surface area contributed by atoms with Gasteiger partial charge in [-0.2, -0.15) is 13.2 Å². The molecule has 0 aromatic heterocycles. The summed E-state index contributed by atoms with van der Waals surface area (Å²) in [6.45, 7) is 3.14. The molecule has 90 valence electrons. The quantitative estimate of drug-likeness (QED) is 0.742. The molecule has 1 fully saturated rings. The first-order valence-corrected chi connectivity index (χ1v) is 5.39. The van der Waals surface area contributed by atoms with E-state index >= 15 is 0 Å². The van der Waals surface area contributed by atoms with Crippen molar-refractivity contribution >= 4 is 0 Å². The van der Waals surface area contributed by atoms with Crippen molar-refractivity contribution in [1.82, 2.24) is 5.32 Å². The summed E-state index contributed by atoms with van der Waals surface area (Å²) in [5, 5.41) is 3.14. The molecule has 1 aliphatic heterocycles. The van der Waals surface area contributed by atoms with Crippen LogP contribution in [0.2, 0.25) is 0 Å². The minimum absolute atomic E-state index is 0.162. The number of halogens is 3. The number of rotatable bonds is 4. The normalized spacial score (nSPS) is 28.0. The van der Waals surface area contributed by atoms with Gasteiger partial charge in [0.2, 0.25) is 0 Å². The molecule has 0 amide bonds. The molecule has 0 radical (unpaired) electrons.